The van der Waals surface area contributed by atoms with Crippen molar-refractivity contribution in [1.82, 2.24) is 24.6 Å². The molecule has 3 aromatic rings. The zero-order valence-electron chi connectivity index (χ0n) is 18.2. The van der Waals surface area contributed by atoms with E-state index in [0.717, 1.165) is 58.1 Å². The van der Waals surface area contributed by atoms with Gasteiger partial charge in [-0.25, -0.2) is 14.6 Å². The zero-order chi connectivity index (χ0) is 21.6. The molecule has 1 aromatic carbocycles. The summed E-state index contributed by atoms with van der Waals surface area (Å²) in [4.78, 5) is 10.9. The predicted octanol–water partition coefficient (Wildman–Crippen LogP) is 3.74. The number of aromatic nitrogens is 4. The number of hydrogen-bond donors (Lipinski definition) is 1. The average Bonchev–Trinajstić information content (AvgIpc) is 2.99. The van der Waals surface area contributed by atoms with Crippen LogP contribution in [-0.4, -0.2) is 50.9 Å². The van der Waals surface area contributed by atoms with Crippen molar-refractivity contribution in [3.8, 4) is 5.75 Å². The first-order valence-corrected chi connectivity index (χ1v) is 10.7. The van der Waals surface area contributed by atoms with Crippen molar-refractivity contribution in [3.05, 3.63) is 39.8 Å². The van der Waals surface area contributed by atoms with Gasteiger partial charge in [-0.05, 0) is 51.3 Å². The fraction of sp³-hybridized carbons (Fsp3) is 0.500. The molecule has 3 heterocycles. The third kappa shape index (κ3) is 3.50. The molecule has 2 aromatic heterocycles. The van der Waals surface area contributed by atoms with Gasteiger partial charge in [0, 0.05) is 42.2 Å². The van der Waals surface area contributed by atoms with Gasteiger partial charge in [-0.3, -0.25) is 4.90 Å². The number of likely N-dealkylation sites (tertiary alicyclic amines) is 1. The second-order valence-corrected chi connectivity index (χ2v) is 8.76. The number of anilines is 1. The summed E-state index contributed by atoms with van der Waals surface area (Å²) in [6.45, 7) is 11.2. The largest absolute Gasteiger partial charge is 0.496 e. The number of nitrogens with two attached hydrogens (primary N) is 1. The number of aryl methyl sites for hydroxylation is 3. The van der Waals surface area contributed by atoms with E-state index < -0.39 is 0 Å². The standard InChI is InChI=1S/C22H29ClN6O/c1-12(2)28-9-16(10-28)18-13(3)17(23)8-15(20(18)30-5)6-7-29-22-19(14(4)27-29)21(24)25-11-26-22/h8,11-12,16H,6-7,9-10H2,1-5H3,(H2,24,25,26). The smallest absolute Gasteiger partial charge is 0.163 e. The van der Waals surface area contributed by atoms with Crippen molar-refractivity contribution in [2.45, 2.75) is 52.6 Å². The molecule has 0 amide bonds. The number of nitrogens with zero attached hydrogens (tertiary/aromatic N) is 5. The summed E-state index contributed by atoms with van der Waals surface area (Å²) < 4.78 is 7.80. The Balaban J connectivity index is 1.65. The zero-order valence-corrected chi connectivity index (χ0v) is 19.0. The highest BCUT2D eigenvalue weighted by Crippen LogP contribution is 2.42. The maximum atomic E-state index is 6.64. The van der Waals surface area contributed by atoms with Gasteiger partial charge in [0.15, 0.2) is 5.65 Å². The Labute approximate surface area is 182 Å². The molecule has 0 atom stereocenters. The Bertz CT molecular complexity index is 1090. The predicted molar refractivity (Wildman–Crippen MR) is 120 cm³/mol. The van der Waals surface area contributed by atoms with Gasteiger partial charge in [0.2, 0.25) is 0 Å². The summed E-state index contributed by atoms with van der Waals surface area (Å²) in [6.07, 6.45) is 2.21. The van der Waals surface area contributed by atoms with Crippen LogP contribution in [0.3, 0.4) is 0 Å². The fourth-order valence-electron chi connectivity index (χ4n) is 4.43. The van der Waals surface area contributed by atoms with Gasteiger partial charge in [0.1, 0.15) is 17.9 Å². The van der Waals surface area contributed by atoms with Gasteiger partial charge in [-0.1, -0.05) is 11.6 Å². The molecule has 0 bridgehead atoms. The first-order valence-electron chi connectivity index (χ1n) is 10.3. The molecular formula is C22H29ClN6O. The summed E-state index contributed by atoms with van der Waals surface area (Å²) in [7, 11) is 1.75. The van der Waals surface area contributed by atoms with Crippen molar-refractivity contribution in [2.75, 3.05) is 25.9 Å². The lowest BCUT2D eigenvalue weighted by atomic mass is 9.85. The Kier molecular flexibility index (Phi) is 5.59. The molecule has 4 rings (SSSR count). The highest BCUT2D eigenvalue weighted by atomic mass is 35.5. The number of benzene rings is 1. The van der Waals surface area contributed by atoms with Crippen molar-refractivity contribution < 1.29 is 4.74 Å². The van der Waals surface area contributed by atoms with Crippen molar-refractivity contribution >= 4 is 28.5 Å². The van der Waals surface area contributed by atoms with Crippen LogP contribution in [0.15, 0.2) is 12.4 Å². The van der Waals surface area contributed by atoms with Crippen LogP contribution in [0.1, 0.15) is 42.1 Å². The first kappa shape index (κ1) is 20.9. The van der Waals surface area contributed by atoms with Crippen LogP contribution in [0.5, 0.6) is 5.75 Å². The lowest BCUT2D eigenvalue weighted by Gasteiger charge is -2.43. The molecular weight excluding hydrogens is 400 g/mol. The minimum absolute atomic E-state index is 0.445. The second kappa shape index (κ2) is 8.04. The molecule has 1 saturated heterocycles. The van der Waals surface area contributed by atoms with E-state index in [1.54, 1.807) is 7.11 Å². The van der Waals surface area contributed by atoms with Gasteiger partial charge in [0.25, 0.3) is 0 Å². The third-order valence-corrected chi connectivity index (χ3v) is 6.57. The Hall–Kier alpha value is -2.38. The van der Waals surface area contributed by atoms with E-state index in [0.29, 0.717) is 24.3 Å². The van der Waals surface area contributed by atoms with Crippen molar-refractivity contribution in [2.24, 2.45) is 0 Å². The van der Waals surface area contributed by atoms with Gasteiger partial charge >= 0.3 is 0 Å². The minimum atomic E-state index is 0.445. The molecule has 30 heavy (non-hydrogen) atoms. The highest BCUT2D eigenvalue weighted by molar-refractivity contribution is 6.31. The highest BCUT2D eigenvalue weighted by Gasteiger charge is 2.34. The maximum Gasteiger partial charge on any atom is 0.163 e. The summed E-state index contributed by atoms with van der Waals surface area (Å²) in [5.74, 6) is 1.86. The van der Waals surface area contributed by atoms with E-state index in [1.165, 1.54) is 11.9 Å². The van der Waals surface area contributed by atoms with Crippen LogP contribution < -0.4 is 10.5 Å². The molecule has 0 spiro atoms. The van der Waals surface area contributed by atoms with E-state index in [1.807, 2.05) is 17.7 Å². The van der Waals surface area contributed by atoms with Crippen LogP contribution in [-0.2, 0) is 13.0 Å². The number of hydrogen-bond acceptors (Lipinski definition) is 6. The quantitative estimate of drug-likeness (QED) is 0.644. The number of nitrogen functional groups attached to an aromatic ring is 1. The average molecular weight is 429 g/mol. The van der Waals surface area contributed by atoms with Crippen molar-refractivity contribution in [3.63, 3.8) is 0 Å². The van der Waals surface area contributed by atoms with E-state index in [4.69, 9.17) is 22.1 Å². The minimum Gasteiger partial charge on any atom is -0.496 e. The van der Waals surface area contributed by atoms with Gasteiger partial charge in [0.05, 0.1) is 18.2 Å². The molecule has 2 N–H and O–H groups in total. The molecule has 1 fully saturated rings. The van der Waals surface area contributed by atoms with E-state index in [-0.39, 0.29) is 0 Å². The Morgan fingerprint density at radius 2 is 2.00 bits per heavy atom. The van der Waals surface area contributed by atoms with Gasteiger partial charge in [-0.15, -0.1) is 0 Å². The van der Waals surface area contributed by atoms with E-state index >= 15 is 0 Å². The van der Waals surface area contributed by atoms with Crippen LogP contribution in [0, 0.1) is 13.8 Å². The van der Waals surface area contributed by atoms with Crippen molar-refractivity contribution in [1.29, 1.82) is 0 Å². The Morgan fingerprint density at radius 1 is 1.27 bits per heavy atom. The first-order chi connectivity index (χ1) is 14.3. The molecule has 0 aliphatic carbocycles. The summed E-state index contributed by atoms with van der Waals surface area (Å²) in [6, 6.07) is 2.58. The lowest BCUT2D eigenvalue weighted by molar-refractivity contribution is 0.108. The maximum absolute atomic E-state index is 6.64. The second-order valence-electron chi connectivity index (χ2n) is 8.35. The molecule has 1 aliphatic heterocycles. The summed E-state index contributed by atoms with van der Waals surface area (Å²) >= 11 is 6.64. The third-order valence-electron chi connectivity index (χ3n) is 6.18. The number of ether oxygens (including phenoxy) is 1. The molecule has 0 saturated carbocycles. The van der Waals surface area contributed by atoms with Crippen LogP contribution >= 0.6 is 11.6 Å². The number of fused-ring (bicyclic) bond motifs is 1. The fourth-order valence-corrected chi connectivity index (χ4v) is 4.66. The number of halogens is 1. The molecule has 160 valence electrons. The van der Waals surface area contributed by atoms with Gasteiger partial charge in [-0.2, -0.15) is 5.10 Å². The van der Waals surface area contributed by atoms with E-state index in [9.17, 15) is 0 Å². The van der Waals surface area contributed by atoms with E-state index in [2.05, 4.69) is 40.7 Å². The molecule has 7 nitrogen and oxygen atoms in total. The van der Waals surface area contributed by atoms with Gasteiger partial charge < -0.3 is 10.5 Å². The summed E-state index contributed by atoms with van der Waals surface area (Å²) in [5.41, 5.74) is 11.1. The van der Waals surface area contributed by atoms with Crippen LogP contribution in [0.25, 0.3) is 11.0 Å². The van der Waals surface area contributed by atoms with Crippen LogP contribution in [0.4, 0.5) is 5.82 Å². The topological polar surface area (TPSA) is 82.1 Å². The molecule has 1 aliphatic rings. The normalized spacial score (nSPS) is 15.2. The monoisotopic (exact) mass is 428 g/mol. The molecule has 8 heteroatoms. The SMILES string of the molecule is COc1c(CCn2nc(C)c3c(N)ncnc32)cc(Cl)c(C)c1C1CN(C(C)C)C1. The lowest BCUT2D eigenvalue weighted by Crippen LogP contribution is -2.48. The molecule has 0 radical (unpaired) electrons. The molecule has 0 unspecified atom stereocenters. The number of methoxy groups -OCH3 is 1. The van der Waals surface area contributed by atoms with Crippen LogP contribution in [0.2, 0.25) is 5.02 Å². The Morgan fingerprint density at radius 3 is 2.67 bits per heavy atom. The summed E-state index contributed by atoms with van der Waals surface area (Å²) in [5, 5.41) is 6.23. The number of rotatable bonds is 6.